The first kappa shape index (κ1) is 11.0. The second-order valence-corrected chi connectivity index (χ2v) is 3.98. The zero-order valence-corrected chi connectivity index (χ0v) is 9.24. The van der Waals surface area contributed by atoms with E-state index in [0.717, 1.165) is 17.8 Å². The highest BCUT2D eigenvalue weighted by atomic mass is 32.1. The van der Waals surface area contributed by atoms with Crippen LogP contribution in [0.3, 0.4) is 0 Å². The second-order valence-electron chi connectivity index (χ2n) is 3.55. The van der Waals surface area contributed by atoms with Crippen molar-refractivity contribution in [3.05, 3.63) is 24.0 Å². The molecular weight excluding hydrogens is 196 g/mol. The average molecular weight is 210 g/mol. The first-order valence-electron chi connectivity index (χ1n) is 4.52. The van der Waals surface area contributed by atoms with Gasteiger partial charge in [0.1, 0.15) is 0 Å². The van der Waals surface area contributed by atoms with Crippen LogP contribution in [0.4, 0.5) is 5.69 Å². The van der Waals surface area contributed by atoms with E-state index in [-0.39, 0.29) is 0 Å². The molecule has 0 aromatic carbocycles. The van der Waals surface area contributed by atoms with Gasteiger partial charge in [0, 0.05) is 11.9 Å². The van der Waals surface area contributed by atoms with Gasteiger partial charge in [0.25, 0.3) is 0 Å². The minimum Gasteiger partial charge on any atom is -0.277 e. The number of amides is 1. The molecule has 1 aromatic heterocycles. The van der Waals surface area contributed by atoms with Crippen molar-refractivity contribution in [2.75, 3.05) is 4.31 Å². The van der Waals surface area contributed by atoms with Gasteiger partial charge in [-0.1, -0.05) is 26.7 Å². The highest BCUT2D eigenvalue weighted by Gasteiger charge is 2.03. The minimum absolute atomic E-state index is 0.558. The summed E-state index contributed by atoms with van der Waals surface area (Å²) in [6.07, 6.45) is 3.27. The van der Waals surface area contributed by atoms with Crippen molar-refractivity contribution < 1.29 is 4.79 Å². The van der Waals surface area contributed by atoms with Crippen LogP contribution in [0, 0.1) is 5.92 Å². The predicted molar refractivity (Wildman–Crippen MR) is 60.3 cm³/mol. The van der Waals surface area contributed by atoms with Crippen molar-refractivity contribution in [3.8, 4) is 0 Å². The van der Waals surface area contributed by atoms with Crippen LogP contribution < -0.4 is 4.31 Å². The predicted octanol–water partition coefficient (Wildman–Crippen LogP) is 2.09. The first-order chi connectivity index (χ1) is 6.63. The Morgan fingerprint density at radius 3 is 2.93 bits per heavy atom. The van der Waals surface area contributed by atoms with E-state index in [1.807, 2.05) is 6.07 Å². The molecule has 0 spiro atoms. The molecule has 0 saturated carbocycles. The highest BCUT2D eigenvalue weighted by molar-refractivity contribution is 7.82. The van der Waals surface area contributed by atoms with Crippen molar-refractivity contribution in [2.24, 2.45) is 5.92 Å². The van der Waals surface area contributed by atoms with Gasteiger partial charge in [0.2, 0.25) is 6.41 Å². The summed E-state index contributed by atoms with van der Waals surface area (Å²) in [5.41, 5.74) is 1.74. The topological polar surface area (TPSA) is 33.2 Å². The summed E-state index contributed by atoms with van der Waals surface area (Å²) in [6, 6.07) is 3.63. The van der Waals surface area contributed by atoms with Gasteiger partial charge in [-0.3, -0.25) is 14.1 Å². The molecular formula is C10H14N2OS. The molecule has 1 amide bonds. The molecule has 0 bridgehead atoms. The summed E-state index contributed by atoms with van der Waals surface area (Å²) in [7, 11) is 0. The summed E-state index contributed by atoms with van der Waals surface area (Å²) in [5.74, 6) is 0.558. The number of carbonyl (C=O) groups excluding carboxylic acids is 1. The summed E-state index contributed by atoms with van der Waals surface area (Å²) in [5, 5.41) is 0. The molecule has 3 nitrogen and oxygen atoms in total. The fourth-order valence-corrected chi connectivity index (χ4v) is 1.32. The number of anilines is 1. The standard InChI is InChI=1S/C10H14N2OS/c1-8(2)5-9-6-10(3-4-11-9)12(14)7-13/h3-4,6-8,14H,5H2,1-2H3. The van der Waals surface area contributed by atoms with Crippen molar-refractivity contribution in [1.29, 1.82) is 0 Å². The Bertz CT molecular complexity index is 315. The maximum atomic E-state index is 10.5. The number of aromatic nitrogens is 1. The lowest BCUT2D eigenvalue weighted by Gasteiger charge is -2.10. The molecule has 1 rings (SSSR count). The Morgan fingerprint density at radius 2 is 2.36 bits per heavy atom. The number of hydrogen-bond acceptors (Lipinski definition) is 3. The molecule has 1 aromatic rings. The largest absolute Gasteiger partial charge is 0.277 e. The molecule has 14 heavy (non-hydrogen) atoms. The van der Waals surface area contributed by atoms with Crippen LogP contribution in [0.15, 0.2) is 18.3 Å². The molecule has 0 N–H and O–H groups in total. The van der Waals surface area contributed by atoms with Gasteiger partial charge in [-0.25, -0.2) is 0 Å². The molecule has 4 heteroatoms. The molecule has 76 valence electrons. The number of rotatable bonds is 4. The van der Waals surface area contributed by atoms with Crippen molar-refractivity contribution >= 4 is 24.9 Å². The Morgan fingerprint density at radius 1 is 1.64 bits per heavy atom. The van der Waals surface area contributed by atoms with E-state index in [4.69, 9.17) is 0 Å². The van der Waals surface area contributed by atoms with Crippen LogP contribution in [-0.4, -0.2) is 11.4 Å². The van der Waals surface area contributed by atoms with Crippen molar-refractivity contribution in [1.82, 2.24) is 4.98 Å². The van der Waals surface area contributed by atoms with E-state index in [9.17, 15) is 4.79 Å². The van der Waals surface area contributed by atoms with Gasteiger partial charge in [0.05, 0.1) is 5.69 Å². The fraction of sp³-hybridized carbons (Fsp3) is 0.400. The molecule has 1 heterocycles. The van der Waals surface area contributed by atoms with Gasteiger partial charge in [0.15, 0.2) is 0 Å². The van der Waals surface area contributed by atoms with Crippen LogP contribution in [0.25, 0.3) is 0 Å². The normalized spacial score (nSPS) is 10.3. The second kappa shape index (κ2) is 5.00. The molecule has 0 aliphatic rings. The highest BCUT2D eigenvalue weighted by Crippen LogP contribution is 2.16. The third-order valence-electron chi connectivity index (χ3n) is 1.78. The Balaban J connectivity index is 2.83. The van der Waals surface area contributed by atoms with Gasteiger partial charge in [-0.05, 0) is 24.5 Å². The molecule has 0 radical (unpaired) electrons. The average Bonchev–Trinajstić information content (AvgIpc) is 2.16. The van der Waals surface area contributed by atoms with Gasteiger partial charge in [-0.2, -0.15) is 0 Å². The molecule has 0 aliphatic heterocycles. The van der Waals surface area contributed by atoms with E-state index >= 15 is 0 Å². The number of thiol groups is 1. The number of pyridine rings is 1. The maximum absolute atomic E-state index is 10.5. The van der Waals surface area contributed by atoms with Crippen molar-refractivity contribution in [3.63, 3.8) is 0 Å². The lowest BCUT2D eigenvalue weighted by molar-refractivity contribution is -0.106. The lowest BCUT2D eigenvalue weighted by atomic mass is 10.1. The third kappa shape index (κ3) is 3.03. The fourth-order valence-electron chi connectivity index (χ4n) is 1.20. The summed E-state index contributed by atoms with van der Waals surface area (Å²) >= 11 is 3.99. The summed E-state index contributed by atoms with van der Waals surface area (Å²) < 4.78 is 1.24. The van der Waals surface area contributed by atoms with E-state index in [0.29, 0.717) is 12.3 Å². The minimum atomic E-state index is 0.558. The van der Waals surface area contributed by atoms with Crippen molar-refractivity contribution in [2.45, 2.75) is 20.3 Å². The maximum Gasteiger partial charge on any atom is 0.224 e. The Kier molecular flexibility index (Phi) is 3.95. The number of nitrogens with zero attached hydrogens (tertiary/aromatic N) is 2. The number of carbonyl (C=O) groups is 1. The monoisotopic (exact) mass is 210 g/mol. The van der Waals surface area contributed by atoms with E-state index in [1.54, 1.807) is 12.3 Å². The zero-order valence-electron chi connectivity index (χ0n) is 8.34. The van der Waals surface area contributed by atoms with Crippen LogP contribution in [0.5, 0.6) is 0 Å². The number of hydrogen-bond donors (Lipinski definition) is 1. The van der Waals surface area contributed by atoms with Crippen LogP contribution in [0.1, 0.15) is 19.5 Å². The quantitative estimate of drug-likeness (QED) is 0.609. The molecule has 0 unspecified atom stereocenters. The Labute approximate surface area is 89.7 Å². The molecule has 0 atom stereocenters. The van der Waals surface area contributed by atoms with Crippen LogP contribution >= 0.6 is 12.8 Å². The first-order valence-corrected chi connectivity index (χ1v) is 4.92. The lowest BCUT2D eigenvalue weighted by Crippen LogP contribution is -2.07. The van der Waals surface area contributed by atoms with Gasteiger partial charge < -0.3 is 0 Å². The molecule has 0 aliphatic carbocycles. The SMILES string of the molecule is CC(C)Cc1cc(N(S)C=O)ccn1. The van der Waals surface area contributed by atoms with Crippen LogP contribution in [-0.2, 0) is 11.2 Å². The van der Waals surface area contributed by atoms with Gasteiger partial charge in [-0.15, -0.1) is 0 Å². The van der Waals surface area contributed by atoms with E-state index in [2.05, 4.69) is 31.6 Å². The molecule has 0 fully saturated rings. The Hall–Kier alpha value is -1.03. The van der Waals surface area contributed by atoms with E-state index < -0.39 is 0 Å². The van der Waals surface area contributed by atoms with E-state index in [1.165, 1.54) is 4.31 Å². The van der Waals surface area contributed by atoms with Gasteiger partial charge >= 0.3 is 0 Å². The third-order valence-corrected chi connectivity index (χ3v) is 2.11. The summed E-state index contributed by atoms with van der Waals surface area (Å²) in [6.45, 7) is 4.26. The summed E-state index contributed by atoms with van der Waals surface area (Å²) in [4.78, 5) is 14.7. The molecule has 0 saturated heterocycles. The zero-order chi connectivity index (χ0) is 10.6. The smallest absolute Gasteiger partial charge is 0.224 e. The van der Waals surface area contributed by atoms with Crippen LogP contribution in [0.2, 0.25) is 0 Å².